The Morgan fingerprint density at radius 2 is 1.50 bits per heavy atom. The quantitative estimate of drug-likeness (QED) is 0.447. The van der Waals surface area contributed by atoms with Gasteiger partial charge in [-0.2, -0.15) is 0 Å². The van der Waals surface area contributed by atoms with Crippen LogP contribution in [0.1, 0.15) is 0 Å². The van der Waals surface area contributed by atoms with Gasteiger partial charge in [-0.1, -0.05) is 0 Å². The molecule has 0 aromatic heterocycles. The minimum absolute atomic E-state index is 2.89. The summed E-state index contributed by atoms with van der Waals surface area (Å²) in [5.41, 5.74) is 0. The molecule has 0 aliphatic carbocycles. The molecule has 25 valence electrons. The summed E-state index contributed by atoms with van der Waals surface area (Å²) < 4.78 is 10.7. The van der Waals surface area contributed by atoms with E-state index in [4.69, 9.17) is 0 Å². The molecule has 0 aliphatic heterocycles. The molecular formula is Cl2FTi. The van der Waals surface area contributed by atoms with Gasteiger partial charge in [-0.15, -0.1) is 0 Å². The first-order valence-corrected chi connectivity index (χ1v) is 5.45. The normalized spacial score (nSPS) is 6.75. The van der Waals surface area contributed by atoms with Gasteiger partial charge in [0, 0.05) is 0 Å². The van der Waals surface area contributed by atoms with Crippen LogP contribution in [0.25, 0.3) is 0 Å². The molecule has 0 aromatic carbocycles. The number of rotatable bonds is 0. The van der Waals surface area contributed by atoms with Gasteiger partial charge in [-0.05, 0) is 0 Å². The van der Waals surface area contributed by atoms with E-state index in [9.17, 15) is 3.09 Å². The van der Waals surface area contributed by atoms with Gasteiger partial charge in [-0.3, -0.25) is 0 Å². The van der Waals surface area contributed by atoms with Crippen molar-refractivity contribution in [3.63, 3.8) is 0 Å². The zero-order chi connectivity index (χ0) is 3.58. The molecule has 4 heavy (non-hydrogen) atoms. The molecule has 0 radical (unpaired) electrons. The van der Waals surface area contributed by atoms with Crippen molar-refractivity contribution in [2.24, 2.45) is 0 Å². The fraction of sp³-hybridized carbons (Fsp3) is 0. The van der Waals surface area contributed by atoms with Crippen molar-refractivity contribution >= 4 is 18.6 Å². The summed E-state index contributed by atoms with van der Waals surface area (Å²) in [6.45, 7) is 0. The fourth-order valence-corrected chi connectivity index (χ4v) is 0. The first-order valence-electron chi connectivity index (χ1n) is 0.567. The van der Waals surface area contributed by atoms with E-state index in [1.54, 1.807) is 0 Å². The number of halogens is 3. The minimum atomic E-state index is -2.89. The Balaban J connectivity index is 2.32. The Morgan fingerprint density at radius 3 is 1.50 bits per heavy atom. The third-order valence-corrected chi connectivity index (χ3v) is 0. The number of hydrogen-bond acceptors (Lipinski definition) is 0. The molecule has 0 amide bonds. The van der Waals surface area contributed by atoms with Crippen LogP contribution in [0.4, 0.5) is 3.09 Å². The Kier molecular flexibility index (Phi) is 3.21. The second-order valence-electron chi connectivity index (χ2n) is 0.214. The van der Waals surface area contributed by atoms with Crippen molar-refractivity contribution in [3.8, 4) is 0 Å². The van der Waals surface area contributed by atoms with Crippen LogP contribution < -0.4 is 0 Å². The maximum absolute atomic E-state index is 10.7. The van der Waals surface area contributed by atoms with Crippen LogP contribution in [-0.2, 0) is 16.3 Å². The van der Waals surface area contributed by atoms with Crippen LogP contribution in [0, 0.1) is 0 Å². The van der Waals surface area contributed by atoms with E-state index in [1.807, 2.05) is 0 Å². The van der Waals surface area contributed by atoms with Crippen LogP contribution in [0.5, 0.6) is 0 Å². The van der Waals surface area contributed by atoms with E-state index in [1.165, 1.54) is 0 Å². The molecule has 0 nitrogen and oxygen atoms in total. The molecule has 4 heteroatoms. The van der Waals surface area contributed by atoms with Crippen LogP contribution in [0.2, 0.25) is 0 Å². The van der Waals surface area contributed by atoms with Gasteiger partial charge in [0.1, 0.15) is 0 Å². The molecule has 0 saturated carbocycles. The molecule has 0 aliphatic rings. The molecule has 0 heterocycles. The van der Waals surface area contributed by atoms with Crippen LogP contribution in [0.15, 0.2) is 0 Å². The molecule has 0 saturated heterocycles. The Hall–Kier alpha value is 1.22. The van der Waals surface area contributed by atoms with E-state index in [0.717, 1.165) is 0 Å². The zero-order valence-electron chi connectivity index (χ0n) is 1.63. The summed E-state index contributed by atoms with van der Waals surface area (Å²) in [6.07, 6.45) is 0. The van der Waals surface area contributed by atoms with Crippen molar-refractivity contribution in [2.75, 3.05) is 0 Å². The Morgan fingerprint density at radius 1 is 1.50 bits per heavy atom. The average Bonchev–Trinajstić information content (AvgIpc) is 0.811. The van der Waals surface area contributed by atoms with E-state index in [0.29, 0.717) is 0 Å². The van der Waals surface area contributed by atoms with E-state index >= 15 is 0 Å². The first-order chi connectivity index (χ1) is 1.73. The van der Waals surface area contributed by atoms with E-state index in [-0.39, 0.29) is 0 Å². The van der Waals surface area contributed by atoms with Crippen LogP contribution in [-0.4, -0.2) is 0 Å². The predicted molar refractivity (Wildman–Crippen MR) is 12.8 cm³/mol. The molecule has 0 unspecified atom stereocenters. The van der Waals surface area contributed by atoms with Gasteiger partial charge in [0.05, 0.1) is 0 Å². The second kappa shape index (κ2) is 2.46. The summed E-state index contributed by atoms with van der Waals surface area (Å²) >= 11 is -2.89. The summed E-state index contributed by atoms with van der Waals surface area (Å²) in [6, 6.07) is 0. The zero-order valence-corrected chi connectivity index (χ0v) is 4.71. The van der Waals surface area contributed by atoms with E-state index in [2.05, 4.69) is 18.6 Å². The molecule has 0 spiro atoms. The molecule has 0 bridgehead atoms. The van der Waals surface area contributed by atoms with Gasteiger partial charge in [0.15, 0.2) is 0 Å². The maximum atomic E-state index is 10.7. The van der Waals surface area contributed by atoms with Crippen LogP contribution in [0.3, 0.4) is 0 Å². The van der Waals surface area contributed by atoms with Gasteiger partial charge in [-0.25, -0.2) is 0 Å². The predicted octanol–water partition coefficient (Wildman–Crippen LogP) is 1.80. The van der Waals surface area contributed by atoms with Crippen LogP contribution >= 0.6 is 18.6 Å². The second-order valence-corrected chi connectivity index (χ2v) is 4.42. The number of hydrogen-bond donors (Lipinski definition) is 0. The Bertz CT molecular complexity index is 10.8. The van der Waals surface area contributed by atoms with Crippen molar-refractivity contribution in [1.82, 2.24) is 0 Å². The summed E-state index contributed by atoms with van der Waals surface area (Å²) in [5, 5.41) is 0. The summed E-state index contributed by atoms with van der Waals surface area (Å²) in [7, 11) is 9.08. The van der Waals surface area contributed by atoms with Crippen molar-refractivity contribution in [3.05, 3.63) is 0 Å². The molecule has 0 N–H and O–H groups in total. The van der Waals surface area contributed by atoms with Crippen molar-refractivity contribution in [1.29, 1.82) is 0 Å². The Labute approximate surface area is 38.2 Å². The van der Waals surface area contributed by atoms with Crippen molar-refractivity contribution < 1.29 is 19.4 Å². The third-order valence-electron chi connectivity index (χ3n) is 0. The van der Waals surface area contributed by atoms with E-state index < -0.39 is 16.3 Å². The SMILES string of the molecule is [F][Ti]([Cl])[Cl]. The third kappa shape index (κ3) is 10.6. The average molecular weight is 138 g/mol. The molecule has 0 atom stereocenters. The van der Waals surface area contributed by atoms with Crippen molar-refractivity contribution in [2.45, 2.75) is 0 Å². The van der Waals surface area contributed by atoms with Gasteiger partial charge < -0.3 is 0 Å². The standard InChI is InChI=1S/2ClH.FH.Ti/h3*1H;/q;;;+3/p-3. The first kappa shape index (κ1) is 5.22. The summed E-state index contributed by atoms with van der Waals surface area (Å²) in [5.74, 6) is 0. The van der Waals surface area contributed by atoms with Gasteiger partial charge >= 0.3 is 38.0 Å². The topological polar surface area (TPSA) is 0 Å². The monoisotopic (exact) mass is 137 g/mol. The van der Waals surface area contributed by atoms with Gasteiger partial charge in [0.2, 0.25) is 0 Å². The molecule has 0 aromatic rings. The molecule has 0 rings (SSSR count). The fourth-order valence-electron chi connectivity index (χ4n) is 0. The summed E-state index contributed by atoms with van der Waals surface area (Å²) in [4.78, 5) is 0. The molecular weight excluding hydrogens is 138 g/mol. The van der Waals surface area contributed by atoms with Gasteiger partial charge in [0.25, 0.3) is 0 Å². The molecule has 0 fully saturated rings.